The Kier molecular flexibility index (Phi) is 6.96. The second-order valence-corrected chi connectivity index (χ2v) is 9.79. The Balaban J connectivity index is 2.19. The SMILES string of the molecule is CN(C)C(=O)c1ccccc1NC(=O)COc1ccc(C(C)(C)C)cc1C(C)(C)C. The maximum atomic E-state index is 12.6. The Hall–Kier alpha value is -2.82. The molecule has 5 nitrogen and oxygen atoms in total. The fourth-order valence-electron chi connectivity index (χ4n) is 3.06. The number of nitrogens with one attached hydrogen (secondary N) is 1. The molecule has 0 aliphatic carbocycles. The summed E-state index contributed by atoms with van der Waals surface area (Å²) in [4.78, 5) is 26.4. The van der Waals surface area contributed by atoms with Crippen molar-refractivity contribution >= 4 is 17.5 Å². The van der Waals surface area contributed by atoms with E-state index in [4.69, 9.17) is 4.74 Å². The van der Waals surface area contributed by atoms with Crippen molar-refractivity contribution in [2.75, 3.05) is 26.0 Å². The summed E-state index contributed by atoms with van der Waals surface area (Å²) < 4.78 is 5.91. The van der Waals surface area contributed by atoms with Crippen LogP contribution in [0.3, 0.4) is 0 Å². The molecular weight excluding hydrogens is 376 g/mol. The molecule has 5 heteroatoms. The standard InChI is InChI=1S/C25H34N2O3/c1-24(2,3)17-13-14-21(19(15-17)25(4,5)6)30-16-22(28)26-20-12-10-9-11-18(20)23(29)27(7)8/h9-15H,16H2,1-8H3,(H,26,28). The first-order valence-electron chi connectivity index (χ1n) is 10.2. The lowest BCUT2D eigenvalue weighted by molar-refractivity contribution is -0.118. The van der Waals surface area contributed by atoms with E-state index in [0.29, 0.717) is 17.0 Å². The monoisotopic (exact) mass is 410 g/mol. The smallest absolute Gasteiger partial charge is 0.262 e. The van der Waals surface area contributed by atoms with E-state index in [1.807, 2.05) is 12.1 Å². The summed E-state index contributed by atoms with van der Waals surface area (Å²) in [5.74, 6) is 0.219. The van der Waals surface area contributed by atoms with Gasteiger partial charge in [-0.25, -0.2) is 0 Å². The fourth-order valence-corrected chi connectivity index (χ4v) is 3.06. The third kappa shape index (κ3) is 5.85. The van der Waals surface area contributed by atoms with Gasteiger partial charge in [-0.15, -0.1) is 0 Å². The van der Waals surface area contributed by atoms with Crippen molar-refractivity contribution in [2.24, 2.45) is 0 Å². The minimum absolute atomic E-state index is 0.0264. The first-order chi connectivity index (χ1) is 13.8. The molecule has 0 radical (unpaired) electrons. The van der Waals surface area contributed by atoms with Crippen LogP contribution in [0.25, 0.3) is 0 Å². The predicted octanol–water partition coefficient (Wildman–Crippen LogP) is 5.00. The number of hydrogen-bond acceptors (Lipinski definition) is 3. The second-order valence-electron chi connectivity index (χ2n) is 9.79. The third-order valence-electron chi connectivity index (χ3n) is 4.85. The number of amides is 2. The van der Waals surface area contributed by atoms with Crippen LogP contribution in [-0.4, -0.2) is 37.4 Å². The van der Waals surface area contributed by atoms with E-state index in [0.717, 1.165) is 5.56 Å². The number of carbonyl (C=O) groups is 2. The Morgan fingerprint density at radius 1 is 0.933 bits per heavy atom. The van der Waals surface area contributed by atoms with E-state index >= 15 is 0 Å². The van der Waals surface area contributed by atoms with E-state index in [2.05, 4.69) is 52.9 Å². The van der Waals surface area contributed by atoms with Crippen molar-refractivity contribution in [1.29, 1.82) is 0 Å². The number of anilines is 1. The zero-order valence-electron chi connectivity index (χ0n) is 19.4. The Bertz CT molecular complexity index is 919. The average molecular weight is 411 g/mol. The van der Waals surface area contributed by atoms with Gasteiger partial charge >= 0.3 is 0 Å². The third-order valence-corrected chi connectivity index (χ3v) is 4.85. The number of nitrogens with zero attached hydrogens (tertiary/aromatic N) is 1. The largest absolute Gasteiger partial charge is 0.483 e. The molecule has 2 aromatic rings. The predicted molar refractivity (Wildman–Crippen MR) is 122 cm³/mol. The maximum Gasteiger partial charge on any atom is 0.262 e. The van der Waals surface area contributed by atoms with E-state index in [9.17, 15) is 9.59 Å². The highest BCUT2D eigenvalue weighted by atomic mass is 16.5. The zero-order chi connectivity index (χ0) is 22.7. The van der Waals surface area contributed by atoms with Crippen LogP contribution in [0.4, 0.5) is 5.69 Å². The molecule has 2 aromatic carbocycles. The Morgan fingerprint density at radius 3 is 2.13 bits per heavy atom. The molecule has 0 saturated heterocycles. The number of para-hydroxylation sites is 1. The zero-order valence-corrected chi connectivity index (χ0v) is 19.4. The normalized spacial score (nSPS) is 11.7. The highest BCUT2D eigenvalue weighted by Gasteiger charge is 2.23. The van der Waals surface area contributed by atoms with Gasteiger partial charge in [0.05, 0.1) is 11.3 Å². The molecule has 30 heavy (non-hydrogen) atoms. The van der Waals surface area contributed by atoms with Crippen molar-refractivity contribution in [3.8, 4) is 5.75 Å². The molecular formula is C25H34N2O3. The van der Waals surface area contributed by atoms with Crippen LogP contribution < -0.4 is 10.1 Å². The van der Waals surface area contributed by atoms with Crippen molar-refractivity contribution < 1.29 is 14.3 Å². The maximum absolute atomic E-state index is 12.6. The van der Waals surface area contributed by atoms with Crippen LogP contribution >= 0.6 is 0 Å². The van der Waals surface area contributed by atoms with Crippen LogP contribution in [-0.2, 0) is 15.6 Å². The van der Waals surface area contributed by atoms with E-state index in [1.54, 1.807) is 38.4 Å². The van der Waals surface area contributed by atoms with Crippen LogP contribution in [0.15, 0.2) is 42.5 Å². The molecule has 2 rings (SSSR count). The molecule has 0 fully saturated rings. The van der Waals surface area contributed by atoms with Gasteiger partial charge in [-0.05, 0) is 40.2 Å². The van der Waals surface area contributed by atoms with Gasteiger partial charge in [0.15, 0.2) is 6.61 Å². The second kappa shape index (κ2) is 8.90. The average Bonchev–Trinajstić information content (AvgIpc) is 2.64. The first kappa shape index (κ1) is 23.5. The van der Waals surface area contributed by atoms with E-state index < -0.39 is 0 Å². The summed E-state index contributed by atoms with van der Waals surface area (Å²) in [6, 6.07) is 13.1. The first-order valence-corrected chi connectivity index (χ1v) is 10.2. The van der Waals surface area contributed by atoms with Gasteiger partial charge in [0.1, 0.15) is 5.75 Å². The minimum Gasteiger partial charge on any atom is -0.483 e. The van der Waals surface area contributed by atoms with Crippen molar-refractivity contribution in [2.45, 2.75) is 52.4 Å². The van der Waals surface area contributed by atoms with E-state index in [-0.39, 0.29) is 29.3 Å². The van der Waals surface area contributed by atoms with Crippen LogP contribution in [0.5, 0.6) is 5.75 Å². The summed E-state index contributed by atoms with van der Waals surface area (Å²) in [5.41, 5.74) is 3.10. The molecule has 0 bridgehead atoms. The molecule has 0 spiro atoms. The van der Waals surface area contributed by atoms with Crippen molar-refractivity contribution in [3.63, 3.8) is 0 Å². The molecule has 0 heterocycles. The van der Waals surface area contributed by atoms with Gasteiger partial charge in [-0.1, -0.05) is 65.8 Å². The molecule has 0 atom stereocenters. The van der Waals surface area contributed by atoms with Crippen LogP contribution in [0, 0.1) is 0 Å². The number of rotatable bonds is 5. The number of hydrogen-bond donors (Lipinski definition) is 1. The molecule has 1 N–H and O–H groups in total. The highest BCUT2D eigenvalue weighted by molar-refractivity contribution is 6.03. The lowest BCUT2D eigenvalue weighted by atomic mass is 9.80. The summed E-state index contributed by atoms with van der Waals surface area (Å²) in [5, 5.41) is 2.80. The van der Waals surface area contributed by atoms with Gasteiger partial charge in [0.2, 0.25) is 0 Å². The van der Waals surface area contributed by atoms with Gasteiger partial charge in [-0.2, -0.15) is 0 Å². The lowest BCUT2D eigenvalue weighted by Crippen LogP contribution is -2.26. The summed E-state index contributed by atoms with van der Waals surface area (Å²) >= 11 is 0. The minimum atomic E-state index is -0.311. The number of benzene rings is 2. The van der Waals surface area contributed by atoms with Gasteiger partial charge in [-0.3, -0.25) is 9.59 Å². The Labute approximate surface area is 180 Å². The summed E-state index contributed by atoms with van der Waals surface area (Å²) in [6.45, 7) is 12.8. The number of carbonyl (C=O) groups excluding carboxylic acids is 2. The van der Waals surface area contributed by atoms with Crippen molar-refractivity contribution in [1.82, 2.24) is 4.90 Å². The quantitative estimate of drug-likeness (QED) is 0.754. The summed E-state index contributed by atoms with van der Waals surface area (Å²) in [7, 11) is 3.36. The summed E-state index contributed by atoms with van der Waals surface area (Å²) in [6.07, 6.45) is 0. The highest BCUT2D eigenvalue weighted by Crippen LogP contribution is 2.35. The molecule has 0 saturated carbocycles. The van der Waals surface area contributed by atoms with Gasteiger partial charge in [0.25, 0.3) is 11.8 Å². The topological polar surface area (TPSA) is 58.6 Å². The lowest BCUT2D eigenvalue weighted by Gasteiger charge is -2.27. The molecule has 0 aliphatic heterocycles. The fraction of sp³-hybridized carbons (Fsp3) is 0.440. The number of ether oxygens (including phenoxy) is 1. The molecule has 2 amide bonds. The van der Waals surface area contributed by atoms with Gasteiger partial charge in [0, 0.05) is 14.1 Å². The van der Waals surface area contributed by atoms with Crippen LogP contribution in [0.1, 0.15) is 63.0 Å². The molecule has 162 valence electrons. The van der Waals surface area contributed by atoms with Crippen LogP contribution in [0.2, 0.25) is 0 Å². The van der Waals surface area contributed by atoms with Gasteiger partial charge < -0.3 is 15.0 Å². The van der Waals surface area contributed by atoms with E-state index in [1.165, 1.54) is 10.5 Å². The molecule has 0 unspecified atom stereocenters. The molecule has 0 aromatic heterocycles. The Morgan fingerprint density at radius 2 is 1.57 bits per heavy atom. The molecule has 0 aliphatic rings. The van der Waals surface area contributed by atoms with Crippen molar-refractivity contribution in [3.05, 3.63) is 59.2 Å².